The SMILES string of the molecule is CCN(CC)C(=O)N1CCCN(S(=O)(=O)c2cnn(C)c2)CC1. The summed E-state index contributed by atoms with van der Waals surface area (Å²) in [7, 11) is -1.86. The molecule has 0 atom stereocenters. The molecule has 8 nitrogen and oxygen atoms in total. The van der Waals surface area contributed by atoms with E-state index in [1.54, 1.807) is 16.8 Å². The smallest absolute Gasteiger partial charge is 0.320 e. The number of sulfonamides is 1. The van der Waals surface area contributed by atoms with Crippen LogP contribution >= 0.6 is 0 Å². The summed E-state index contributed by atoms with van der Waals surface area (Å²) in [5.74, 6) is 0. The van der Waals surface area contributed by atoms with Gasteiger partial charge in [-0.2, -0.15) is 9.40 Å². The van der Waals surface area contributed by atoms with E-state index in [1.165, 1.54) is 21.4 Å². The number of aromatic nitrogens is 2. The van der Waals surface area contributed by atoms with Crippen LogP contribution in [0.25, 0.3) is 0 Å². The molecule has 1 aromatic heterocycles. The average Bonchev–Trinajstić information content (AvgIpc) is 2.82. The number of carbonyl (C=O) groups is 1. The van der Waals surface area contributed by atoms with Crippen LogP contribution < -0.4 is 0 Å². The molecule has 130 valence electrons. The summed E-state index contributed by atoms with van der Waals surface area (Å²) in [5, 5.41) is 3.93. The van der Waals surface area contributed by atoms with E-state index < -0.39 is 10.0 Å². The zero-order chi connectivity index (χ0) is 17.0. The van der Waals surface area contributed by atoms with Crippen molar-refractivity contribution in [2.24, 2.45) is 7.05 Å². The maximum absolute atomic E-state index is 12.6. The predicted molar refractivity (Wildman–Crippen MR) is 86.5 cm³/mol. The zero-order valence-electron chi connectivity index (χ0n) is 14.0. The van der Waals surface area contributed by atoms with Crippen molar-refractivity contribution in [3.05, 3.63) is 12.4 Å². The highest BCUT2D eigenvalue weighted by molar-refractivity contribution is 7.89. The van der Waals surface area contributed by atoms with Crippen molar-refractivity contribution in [3.8, 4) is 0 Å². The van der Waals surface area contributed by atoms with Gasteiger partial charge in [0.05, 0.1) is 6.20 Å². The minimum absolute atomic E-state index is 0.0179. The van der Waals surface area contributed by atoms with Crippen LogP contribution in [0.1, 0.15) is 20.3 Å². The monoisotopic (exact) mass is 343 g/mol. The Balaban J connectivity index is 2.08. The molecular formula is C14H25N5O3S. The highest BCUT2D eigenvalue weighted by atomic mass is 32.2. The maximum Gasteiger partial charge on any atom is 0.320 e. The molecule has 0 saturated carbocycles. The summed E-state index contributed by atoms with van der Waals surface area (Å²) >= 11 is 0. The number of nitrogens with zero attached hydrogens (tertiary/aromatic N) is 5. The van der Waals surface area contributed by atoms with Crippen molar-refractivity contribution in [3.63, 3.8) is 0 Å². The Morgan fingerprint density at radius 3 is 2.48 bits per heavy atom. The topological polar surface area (TPSA) is 78.8 Å². The summed E-state index contributed by atoms with van der Waals surface area (Å²) in [6.45, 7) is 6.91. The van der Waals surface area contributed by atoms with Crippen LogP contribution in [0.2, 0.25) is 0 Å². The van der Waals surface area contributed by atoms with Crippen molar-refractivity contribution in [2.45, 2.75) is 25.2 Å². The summed E-state index contributed by atoms with van der Waals surface area (Å²) < 4.78 is 28.2. The molecule has 1 fully saturated rings. The minimum Gasteiger partial charge on any atom is -0.325 e. The first-order chi connectivity index (χ1) is 10.9. The number of aryl methyl sites for hydroxylation is 1. The van der Waals surface area contributed by atoms with Crippen molar-refractivity contribution >= 4 is 16.1 Å². The Bertz CT molecular complexity index is 639. The lowest BCUT2D eigenvalue weighted by atomic mass is 10.4. The summed E-state index contributed by atoms with van der Waals surface area (Å²) in [5.41, 5.74) is 0. The Morgan fingerprint density at radius 2 is 1.91 bits per heavy atom. The van der Waals surface area contributed by atoms with E-state index in [0.717, 1.165) is 0 Å². The van der Waals surface area contributed by atoms with E-state index in [2.05, 4.69) is 5.10 Å². The number of carbonyl (C=O) groups excluding carboxylic acids is 1. The Morgan fingerprint density at radius 1 is 1.22 bits per heavy atom. The predicted octanol–water partition coefficient (Wildman–Crippen LogP) is 0.578. The average molecular weight is 343 g/mol. The lowest BCUT2D eigenvalue weighted by molar-refractivity contribution is 0.159. The number of urea groups is 1. The van der Waals surface area contributed by atoms with Gasteiger partial charge in [0.25, 0.3) is 0 Å². The van der Waals surface area contributed by atoms with Gasteiger partial charge in [-0.25, -0.2) is 13.2 Å². The Labute approximate surface area is 137 Å². The van der Waals surface area contributed by atoms with Gasteiger partial charge >= 0.3 is 6.03 Å². The Kier molecular flexibility index (Phi) is 5.64. The molecule has 0 spiro atoms. The van der Waals surface area contributed by atoms with Gasteiger partial charge in [-0.1, -0.05) is 0 Å². The molecule has 0 radical (unpaired) electrons. The van der Waals surface area contributed by atoms with Crippen LogP contribution in [-0.2, 0) is 17.1 Å². The largest absolute Gasteiger partial charge is 0.325 e. The fraction of sp³-hybridized carbons (Fsp3) is 0.714. The lowest BCUT2D eigenvalue weighted by Crippen LogP contribution is -2.44. The van der Waals surface area contributed by atoms with E-state index in [4.69, 9.17) is 0 Å². The fourth-order valence-corrected chi connectivity index (χ4v) is 4.16. The molecule has 0 aromatic carbocycles. The summed E-state index contributed by atoms with van der Waals surface area (Å²) in [4.78, 5) is 16.1. The molecule has 1 aliphatic heterocycles. The zero-order valence-corrected chi connectivity index (χ0v) is 14.8. The van der Waals surface area contributed by atoms with Gasteiger partial charge in [0.15, 0.2) is 0 Å². The molecule has 1 aromatic rings. The summed E-state index contributed by atoms with van der Waals surface area (Å²) in [6.07, 6.45) is 3.49. The van der Waals surface area contributed by atoms with Gasteiger partial charge in [0, 0.05) is 52.5 Å². The third-order valence-corrected chi connectivity index (χ3v) is 5.93. The number of hydrogen-bond donors (Lipinski definition) is 0. The first kappa shape index (κ1) is 17.7. The van der Waals surface area contributed by atoms with Gasteiger partial charge < -0.3 is 9.80 Å². The second kappa shape index (κ2) is 7.31. The van der Waals surface area contributed by atoms with Crippen molar-refractivity contribution in [1.82, 2.24) is 23.9 Å². The summed E-state index contributed by atoms with van der Waals surface area (Å²) in [6, 6.07) is -0.0179. The highest BCUT2D eigenvalue weighted by Crippen LogP contribution is 2.17. The standard InChI is InChI=1S/C14H25N5O3S/c1-4-17(5-2)14(20)18-7-6-8-19(10-9-18)23(21,22)13-11-15-16(3)12-13/h11-12H,4-10H2,1-3H3. The van der Waals surface area contributed by atoms with Gasteiger partial charge in [-0.05, 0) is 20.3 Å². The van der Waals surface area contributed by atoms with Crippen molar-refractivity contribution < 1.29 is 13.2 Å². The molecule has 1 saturated heterocycles. The van der Waals surface area contributed by atoms with E-state index in [0.29, 0.717) is 45.7 Å². The number of amides is 2. The lowest BCUT2D eigenvalue weighted by Gasteiger charge is -2.28. The molecule has 0 bridgehead atoms. The first-order valence-corrected chi connectivity index (χ1v) is 9.36. The molecular weight excluding hydrogens is 318 g/mol. The second-order valence-corrected chi connectivity index (χ2v) is 7.49. The molecule has 2 rings (SSSR count). The minimum atomic E-state index is -3.55. The van der Waals surface area contributed by atoms with Gasteiger partial charge in [0.1, 0.15) is 4.90 Å². The normalized spacial score (nSPS) is 17.1. The molecule has 2 amide bonds. The molecule has 9 heteroatoms. The number of hydrogen-bond acceptors (Lipinski definition) is 4. The first-order valence-electron chi connectivity index (χ1n) is 7.92. The van der Waals surface area contributed by atoms with Gasteiger partial charge in [0.2, 0.25) is 10.0 Å². The molecule has 23 heavy (non-hydrogen) atoms. The van der Waals surface area contributed by atoms with Crippen LogP contribution in [-0.4, -0.2) is 77.6 Å². The van der Waals surface area contributed by atoms with Gasteiger partial charge in [-0.15, -0.1) is 0 Å². The van der Waals surface area contributed by atoms with Crippen molar-refractivity contribution in [2.75, 3.05) is 39.3 Å². The van der Waals surface area contributed by atoms with Crippen LogP contribution in [0.4, 0.5) is 4.79 Å². The molecule has 0 N–H and O–H groups in total. The fourth-order valence-electron chi connectivity index (χ4n) is 2.70. The van der Waals surface area contributed by atoms with E-state index in [9.17, 15) is 13.2 Å². The quantitative estimate of drug-likeness (QED) is 0.801. The van der Waals surface area contributed by atoms with Crippen LogP contribution in [0, 0.1) is 0 Å². The van der Waals surface area contributed by atoms with Gasteiger partial charge in [-0.3, -0.25) is 4.68 Å². The molecule has 0 aliphatic carbocycles. The third-order valence-electron chi connectivity index (χ3n) is 4.08. The highest BCUT2D eigenvalue weighted by Gasteiger charge is 2.29. The van der Waals surface area contributed by atoms with Crippen LogP contribution in [0.5, 0.6) is 0 Å². The maximum atomic E-state index is 12.6. The second-order valence-electron chi connectivity index (χ2n) is 5.55. The van der Waals surface area contributed by atoms with Crippen LogP contribution in [0.15, 0.2) is 17.3 Å². The van der Waals surface area contributed by atoms with Crippen LogP contribution in [0.3, 0.4) is 0 Å². The van der Waals surface area contributed by atoms with E-state index >= 15 is 0 Å². The molecule has 2 heterocycles. The molecule has 0 unspecified atom stereocenters. The van der Waals surface area contributed by atoms with E-state index in [-0.39, 0.29) is 10.9 Å². The van der Waals surface area contributed by atoms with E-state index in [1.807, 2.05) is 13.8 Å². The Hall–Kier alpha value is -1.61. The molecule has 1 aliphatic rings. The number of rotatable bonds is 4. The van der Waals surface area contributed by atoms with Crippen molar-refractivity contribution in [1.29, 1.82) is 0 Å². The third kappa shape index (κ3) is 3.84.